The number of hydrogen-bond donors (Lipinski definition) is 3. The summed E-state index contributed by atoms with van der Waals surface area (Å²) in [6.07, 6.45) is 1.62. The molecule has 1 aromatic heterocycles. The Morgan fingerprint density at radius 1 is 1.30 bits per heavy atom. The molecular weight excluding hydrogens is 334 g/mol. The molecule has 0 saturated heterocycles. The number of aryl methyl sites for hydroxylation is 1. The van der Waals surface area contributed by atoms with Crippen LogP contribution in [0.4, 0.5) is 0 Å². The summed E-state index contributed by atoms with van der Waals surface area (Å²) in [7, 11) is -3.70. The molecule has 2 rings (SSSR count). The van der Waals surface area contributed by atoms with Crippen molar-refractivity contribution in [3.63, 3.8) is 0 Å². The van der Waals surface area contributed by atoms with Crippen LogP contribution in [0.25, 0.3) is 5.69 Å². The van der Waals surface area contributed by atoms with Crippen molar-refractivity contribution in [3.8, 4) is 5.69 Å². The third-order valence-electron chi connectivity index (χ3n) is 3.27. The van der Waals surface area contributed by atoms with Crippen LogP contribution in [0.2, 0.25) is 0 Å². The Hall–Kier alpha value is -2.23. The normalized spacial score (nSPS) is 11.8. The monoisotopic (exact) mass is 351 g/mol. The minimum atomic E-state index is -3.70. The lowest BCUT2D eigenvalue weighted by Crippen LogP contribution is -2.24. The van der Waals surface area contributed by atoms with Gasteiger partial charge in [0.1, 0.15) is 0 Å². The highest BCUT2D eigenvalue weighted by atomic mass is 32.2. The number of aromatic nitrogens is 1. The third kappa shape index (κ3) is 3.95. The van der Waals surface area contributed by atoms with E-state index in [1.807, 2.05) is 24.5 Å². The van der Waals surface area contributed by atoms with Crippen molar-refractivity contribution >= 4 is 33.6 Å². The van der Waals surface area contributed by atoms with Crippen molar-refractivity contribution in [2.75, 3.05) is 0 Å². The van der Waals surface area contributed by atoms with E-state index in [0.717, 1.165) is 22.6 Å². The van der Waals surface area contributed by atoms with E-state index in [2.05, 4.69) is 22.7 Å². The van der Waals surface area contributed by atoms with Crippen molar-refractivity contribution in [2.45, 2.75) is 18.7 Å². The molecule has 1 aromatic carbocycles. The van der Waals surface area contributed by atoms with Gasteiger partial charge in [0.2, 0.25) is 10.0 Å². The highest BCUT2D eigenvalue weighted by molar-refractivity contribution is 7.89. The molecule has 0 bridgehead atoms. The second kappa shape index (κ2) is 6.49. The number of nitrogens with one attached hydrogen (secondary N) is 1. The molecule has 0 atom stereocenters. The lowest BCUT2D eigenvalue weighted by Gasteiger charge is -2.10. The number of hydrazone groups is 1. The Kier molecular flexibility index (Phi) is 4.83. The van der Waals surface area contributed by atoms with Crippen molar-refractivity contribution in [2.24, 2.45) is 16.0 Å². The number of nitrogens with two attached hydrogens (primary N) is 2. The molecule has 7 nitrogen and oxygen atoms in total. The average Bonchev–Trinajstić information content (AvgIpc) is 2.72. The van der Waals surface area contributed by atoms with Crippen LogP contribution in [0.15, 0.2) is 40.3 Å². The van der Waals surface area contributed by atoms with Crippen molar-refractivity contribution in [3.05, 3.63) is 47.3 Å². The van der Waals surface area contributed by atoms with Crippen LogP contribution in [0.1, 0.15) is 17.0 Å². The molecule has 122 valence electrons. The Balaban J connectivity index is 2.39. The molecule has 0 amide bonds. The van der Waals surface area contributed by atoms with Gasteiger partial charge in [-0.1, -0.05) is 0 Å². The lowest BCUT2D eigenvalue weighted by molar-refractivity contribution is 0.598. The summed E-state index contributed by atoms with van der Waals surface area (Å²) in [6.45, 7) is 3.88. The molecule has 0 radical (unpaired) electrons. The van der Waals surface area contributed by atoms with E-state index >= 15 is 0 Å². The molecule has 1 heterocycles. The number of thiocarbonyl (C=S) groups is 1. The van der Waals surface area contributed by atoms with E-state index in [4.69, 9.17) is 10.9 Å². The summed E-state index contributed by atoms with van der Waals surface area (Å²) in [5, 5.41) is 9.15. The first-order chi connectivity index (χ1) is 10.7. The molecule has 2 aromatic rings. The molecule has 0 aliphatic rings. The largest absolute Gasteiger partial charge is 0.375 e. The Labute approximate surface area is 140 Å². The first-order valence-corrected chi connectivity index (χ1v) is 8.56. The van der Waals surface area contributed by atoms with Gasteiger partial charge in [0.05, 0.1) is 11.1 Å². The molecule has 9 heteroatoms. The zero-order valence-corrected chi connectivity index (χ0v) is 14.3. The molecular formula is C14H17N5O2S2. The number of benzene rings is 1. The fourth-order valence-corrected chi connectivity index (χ4v) is 2.83. The highest BCUT2D eigenvalue weighted by Gasteiger charge is 2.11. The van der Waals surface area contributed by atoms with Gasteiger partial charge in [-0.25, -0.2) is 13.6 Å². The van der Waals surface area contributed by atoms with Gasteiger partial charge in [0, 0.05) is 22.6 Å². The van der Waals surface area contributed by atoms with Crippen LogP contribution in [0.3, 0.4) is 0 Å². The maximum Gasteiger partial charge on any atom is 0.238 e. The maximum absolute atomic E-state index is 11.3. The van der Waals surface area contributed by atoms with E-state index in [9.17, 15) is 8.42 Å². The quantitative estimate of drug-likeness (QED) is 0.430. The molecule has 0 saturated carbocycles. The standard InChI is InChI=1S/C14H17N5O2S2/c1-9-7-11(8-17-18-14(15)22)10(2)19(9)12-3-5-13(6-4-12)23(16,20)21/h3-8H,1-2H3,(H3,15,18,22)(H2,16,20,21)/b17-8-. The molecule has 0 spiro atoms. The van der Waals surface area contributed by atoms with Crippen molar-refractivity contribution in [1.29, 1.82) is 0 Å². The molecule has 23 heavy (non-hydrogen) atoms. The van der Waals surface area contributed by atoms with Gasteiger partial charge in [-0.2, -0.15) is 5.10 Å². The van der Waals surface area contributed by atoms with Crippen LogP contribution < -0.4 is 16.3 Å². The third-order valence-corrected chi connectivity index (χ3v) is 4.29. The fraction of sp³-hybridized carbons (Fsp3) is 0.143. The summed E-state index contributed by atoms with van der Waals surface area (Å²) in [4.78, 5) is 0.0751. The van der Waals surface area contributed by atoms with Crippen LogP contribution in [-0.2, 0) is 10.0 Å². The molecule has 0 unspecified atom stereocenters. The smallest absolute Gasteiger partial charge is 0.238 e. The number of primary sulfonamides is 1. The van der Waals surface area contributed by atoms with E-state index in [0.29, 0.717) is 0 Å². The van der Waals surface area contributed by atoms with E-state index in [-0.39, 0.29) is 10.0 Å². The Morgan fingerprint density at radius 3 is 2.43 bits per heavy atom. The number of sulfonamides is 1. The summed E-state index contributed by atoms with van der Waals surface area (Å²) in [5.41, 5.74) is 11.5. The summed E-state index contributed by atoms with van der Waals surface area (Å²) in [5.74, 6) is 0. The summed E-state index contributed by atoms with van der Waals surface area (Å²) < 4.78 is 24.6. The average molecular weight is 351 g/mol. The van der Waals surface area contributed by atoms with E-state index < -0.39 is 10.0 Å². The van der Waals surface area contributed by atoms with E-state index in [1.54, 1.807) is 18.3 Å². The minimum absolute atomic E-state index is 0.0751. The summed E-state index contributed by atoms with van der Waals surface area (Å²) >= 11 is 4.68. The Morgan fingerprint density at radius 2 is 1.91 bits per heavy atom. The first kappa shape index (κ1) is 17.1. The van der Waals surface area contributed by atoms with Crippen molar-refractivity contribution in [1.82, 2.24) is 9.99 Å². The number of nitrogens with zero attached hydrogens (tertiary/aromatic N) is 2. The topological polar surface area (TPSA) is 116 Å². The van der Waals surface area contributed by atoms with Crippen LogP contribution in [0.5, 0.6) is 0 Å². The second-order valence-electron chi connectivity index (χ2n) is 4.94. The SMILES string of the molecule is Cc1cc(/C=N\NC(N)=S)c(C)n1-c1ccc(S(N)(=O)=O)cc1. The Bertz CT molecular complexity index is 867. The highest BCUT2D eigenvalue weighted by Crippen LogP contribution is 2.21. The van der Waals surface area contributed by atoms with Crippen LogP contribution in [-0.4, -0.2) is 24.3 Å². The van der Waals surface area contributed by atoms with E-state index in [1.165, 1.54) is 12.1 Å². The number of hydrogen-bond acceptors (Lipinski definition) is 4. The minimum Gasteiger partial charge on any atom is -0.375 e. The molecule has 0 aliphatic heterocycles. The molecule has 5 N–H and O–H groups in total. The van der Waals surface area contributed by atoms with Gasteiger partial charge >= 0.3 is 0 Å². The summed E-state index contributed by atoms with van der Waals surface area (Å²) in [6, 6.07) is 8.31. The molecule has 0 aliphatic carbocycles. The van der Waals surface area contributed by atoms with Gasteiger partial charge in [0.15, 0.2) is 5.11 Å². The zero-order chi connectivity index (χ0) is 17.2. The van der Waals surface area contributed by atoms with Crippen molar-refractivity contribution < 1.29 is 8.42 Å². The predicted molar refractivity (Wildman–Crippen MR) is 94.1 cm³/mol. The van der Waals surface area contributed by atoms with Crippen LogP contribution in [0, 0.1) is 13.8 Å². The van der Waals surface area contributed by atoms with Gasteiger partial charge < -0.3 is 10.3 Å². The van der Waals surface area contributed by atoms with Gasteiger partial charge in [-0.3, -0.25) is 5.43 Å². The maximum atomic E-state index is 11.3. The van der Waals surface area contributed by atoms with Gasteiger partial charge in [-0.15, -0.1) is 0 Å². The first-order valence-electron chi connectivity index (χ1n) is 6.61. The zero-order valence-electron chi connectivity index (χ0n) is 12.6. The van der Waals surface area contributed by atoms with Gasteiger partial charge in [-0.05, 0) is 56.4 Å². The fourth-order valence-electron chi connectivity index (χ4n) is 2.27. The second-order valence-corrected chi connectivity index (χ2v) is 6.94. The predicted octanol–water partition coefficient (Wildman–Crippen LogP) is 0.909. The lowest BCUT2D eigenvalue weighted by atomic mass is 10.2. The van der Waals surface area contributed by atoms with Crippen LogP contribution >= 0.6 is 12.2 Å². The molecule has 0 fully saturated rings. The number of rotatable bonds is 4. The van der Waals surface area contributed by atoms with Gasteiger partial charge in [0.25, 0.3) is 0 Å².